The molecule has 1 atom stereocenters. The first-order valence-electron chi connectivity index (χ1n) is 6.95. The van der Waals surface area contributed by atoms with Crippen molar-refractivity contribution in [2.24, 2.45) is 0 Å². The fourth-order valence-corrected chi connectivity index (χ4v) is 2.92. The minimum absolute atomic E-state index is 0.403. The highest BCUT2D eigenvalue weighted by atomic mass is 16.5. The Balaban J connectivity index is 1.90. The van der Waals surface area contributed by atoms with E-state index in [1.807, 2.05) is 6.92 Å². The fourth-order valence-electron chi connectivity index (χ4n) is 2.92. The summed E-state index contributed by atoms with van der Waals surface area (Å²) in [6.45, 7) is 3.19. The number of rotatable bonds is 3. The summed E-state index contributed by atoms with van der Waals surface area (Å²) in [5.74, 6) is 1.07. The quantitative estimate of drug-likeness (QED) is 0.843. The van der Waals surface area contributed by atoms with Crippen molar-refractivity contribution in [3.05, 3.63) is 52.9 Å². The first-order valence-corrected chi connectivity index (χ1v) is 6.95. The molecule has 0 amide bonds. The number of hydrogen-bond acceptors (Lipinski definition) is 3. The normalized spacial score (nSPS) is 20.0. The van der Waals surface area contributed by atoms with Gasteiger partial charge >= 0.3 is 0 Å². The van der Waals surface area contributed by atoms with Crippen LogP contribution < -0.4 is 0 Å². The van der Waals surface area contributed by atoms with Gasteiger partial charge in [-0.1, -0.05) is 35.5 Å². The van der Waals surface area contributed by atoms with Crippen LogP contribution in [0.5, 0.6) is 0 Å². The summed E-state index contributed by atoms with van der Waals surface area (Å²) >= 11 is 0. The van der Waals surface area contributed by atoms with Gasteiger partial charge in [-0.05, 0) is 38.9 Å². The molecule has 1 aromatic heterocycles. The lowest BCUT2D eigenvalue weighted by Crippen LogP contribution is -2.18. The van der Waals surface area contributed by atoms with Crippen molar-refractivity contribution in [3.63, 3.8) is 0 Å². The number of hydrogen-bond donors (Lipinski definition) is 0. The molecule has 19 heavy (non-hydrogen) atoms. The van der Waals surface area contributed by atoms with Gasteiger partial charge in [0.1, 0.15) is 0 Å². The molecule has 1 aliphatic rings. The summed E-state index contributed by atoms with van der Waals surface area (Å²) in [6, 6.07) is 10.9. The Bertz CT molecular complexity index is 547. The van der Waals surface area contributed by atoms with Crippen LogP contribution >= 0.6 is 0 Å². The van der Waals surface area contributed by atoms with Crippen LogP contribution in [0, 0.1) is 6.92 Å². The lowest BCUT2D eigenvalue weighted by molar-refractivity contribution is 0.250. The third kappa shape index (κ3) is 2.43. The summed E-state index contributed by atoms with van der Waals surface area (Å²) in [6.07, 6.45) is 3.33. The molecule has 3 heteroatoms. The summed E-state index contributed by atoms with van der Waals surface area (Å²) in [5, 5.41) is 4.19. The van der Waals surface area contributed by atoms with Gasteiger partial charge in [-0.2, -0.15) is 0 Å². The van der Waals surface area contributed by atoms with Crippen LogP contribution in [0.1, 0.15) is 41.5 Å². The Labute approximate surface area is 114 Å². The number of aryl methyl sites for hydroxylation is 1. The maximum absolute atomic E-state index is 5.63. The summed E-state index contributed by atoms with van der Waals surface area (Å²) in [7, 11) is 2.17. The molecule has 3 rings (SSSR count). The van der Waals surface area contributed by atoms with Crippen LogP contribution in [-0.4, -0.2) is 23.6 Å². The van der Waals surface area contributed by atoms with E-state index in [1.165, 1.54) is 24.0 Å². The van der Waals surface area contributed by atoms with E-state index in [1.54, 1.807) is 0 Å². The average molecular weight is 256 g/mol. The topological polar surface area (TPSA) is 29.3 Å². The lowest BCUT2D eigenvalue weighted by atomic mass is 9.99. The van der Waals surface area contributed by atoms with Crippen molar-refractivity contribution in [1.29, 1.82) is 0 Å². The van der Waals surface area contributed by atoms with Crippen LogP contribution in [0.4, 0.5) is 0 Å². The van der Waals surface area contributed by atoms with Gasteiger partial charge in [0.25, 0.3) is 0 Å². The SMILES string of the molecule is Cc1noc([C@@H]2CCCN2C)c1Cc1ccccc1. The van der Waals surface area contributed by atoms with Gasteiger partial charge in [0.05, 0.1) is 11.7 Å². The number of aromatic nitrogens is 1. The zero-order valence-electron chi connectivity index (χ0n) is 11.6. The molecule has 1 aliphatic heterocycles. The van der Waals surface area contributed by atoms with E-state index >= 15 is 0 Å². The second-order valence-corrected chi connectivity index (χ2v) is 5.41. The Kier molecular flexibility index (Phi) is 3.38. The molecular weight excluding hydrogens is 236 g/mol. The molecule has 1 aromatic carbocycles. The predicted octanol–water partition coefficient (Wildman–Crippen LogP) is 3.34. The van der Waals surface area contributed by atoms with Crippen LogP contribution in [0.2, 0.25) is 0 Å². The van der Waals surface area contributed by atoms with Gasteiger partial charge in [-0.25, -0.2) is 0 Å². The van der Waals surface area contributed by atoms with Gasteiger partial charge < -0.3 is 4.52 Å². The molecule has 0 bridgehead atoms. The smallest absolute Gasteiger partial charge is 0.157 e. The molecule has 0 saturated carbocycles. The Hall–Kier alpha value is -1.61. The third-order valence-corrected chi connectivity index (χ3v) is 4.06. The molecule has 0 radical (unpaired) electrons. The van der Waals surface area contributed by atoms with Crippen LogP contribution in [0.25, 0.3) is 0 Å². The van der Waals surface area contributed by atoms with Crippen molar-refractivity contribution < 1.29 is 4.52 Å². The fraction of sp³-hybridized carbons (Fsp3) is 0.438. The van der Waals surface area contributed by atoms with Gasteiger partial charge in [-0.3, -0.25) is 4.90 Å². The van der Waals surface area contributed by atoms with Gasteiger partial charge in [0.2, 0.25) is 0 Å². The molecule has 0 N–H and O–H groups in total. The maximum Gasteiger partial charge on any atom is 0.157 e. The highest BCUT2D eigenvalue weighted by molar-refractivity contribution is 5.32. The summed E-state index contributed by atoms with van der Waals surface area (Å²) < 4.78 is 5.63. The Morgan fingerprint density at radius 3 is 2.79 bits per heavy atom. The lowest BCUT2D eigenvalue weighted by Gasteiger charge is -2.17. The highest BCUT2D eigenvalue weighted by Gasteiger charge is 2.29. The number of likely N-dealkylation sites (tertiary alicyclic amines) is 1. The van der Waals surface area contributed by atoms with Crippen LogP contribution in [-0.2, 0) is 6.42 Å². The minimum Gasteiger partial charge on any atom is -0.359 e. The summed E-state index contributed by atoms with van der Waals surface area (Å²) in [4.78, 5) is 2.37. The second kappa shape index (κ2) is 5.17. The van der Waals surface area contributed by atoms with Crippen molar-refractivity contribution >= 4 is 0 Å². The molecule has 2 aromatic rings. The zero-order chi connectivity index (χ0) is 13.2. The second-order valence-electron chi connectivity index (χ2n) is 5.41. The average Bonchev–Trinajstić information content (AvgIpc) is 2.99. The first kappa shape index (κ1) is 12.4. The Morgan fingerprint density at radius 1 is 1.32 bits per heavy atom. The zero-order valence-corrected chi connectivity index (χ0v) is 11.6. The highest BCUT2D eigenvalue weighted by Crippen LogP contribution is 2.34. The first-order chi connectivity index (χ1) is 9.25. The van der Waals surface area contributed by atoms with Crippen molar-refractivity contribution in [3.8, 4) is 0 Å². The molecule has 1 fully saturated rings. The summed E-state index contributed by atoms with van der Waals surface area (Å²) in [5.41, 5.74) is 3.61. The van der Waals surface area contributed by atoms with Crippen LogP contribution in [0.3, 0.4) is 0 Å². The van der Waals surface area contributed by atoms with E-state index in [0.717, 1.165) is 24.4 Å². The van der Waals surface area contributed by atoms with Gasteiger partial charge in [0, 0.05) is 12.0 Å². The minimum atomic E-state index is 0.403. The molecule has 0 aliphatic carbocycles. The molecular formula is C16H20N2O. The molecule has 100 valence electrons. The van der Waals surface area contributed by atoms with E-state index in [2.05, 4.69) is 47.4 Å². The van der Waals surface area contributed by atoms with E-state index in [9.17, 15) is 0 Å². The van der Waals surface area contributed by atoms with Crippen molar-refractivity contribution in [2.75, 3.05) is 13.6 Å². The monoisotopic (exact) mass is 256 g/mol. The third-order valence-electron chi connectivity index (χ3n) is 4.06. The maximum atomic E-state index is 5.63. The molecule has 2 heterocycles. The largest absolute Gasteiger partial charge is 0.359 e. The molecule has 1 saturated heterocycles. The molecule has 3 nitrogen and oxygen atoms in total. The van der Waals surface area contributed by atoms with E-state index in [-0.39, 0.29) is 0 Å². The van der Waals surface area contributed by atoms with Gasteiger partial charge in [0.15, 0.2) is 5.76 Å². The van der Waals surface area contributed by atoms with Crippen LogP contribution in [0.15, 0.2) is 34.9 Å². The van der Waals surface area contributed by atoms with E-state index in [0.29, 0.717) is 6.04 Å². The number of nitrogens with zero attached hydrogens (tertiary/aromatic N) is 2. The number of benzene rings is 1. The standard InChI is InChI=1S/C16H20N2O/c1-12-14(11-13-7-4-3-5-8-13)16(19-17-12)15-9-6-10-18(15)2/h3-5,7-8,15H,6,9-11H2,1-2H3/t15-/m0/s1. The molecule has 0 spiro atoms. The van der Waals surface area contributed by atoms with Crippen molar-refractivity contribution in [2.45, 2.75) is 32.2 Å². The van der Waals surface area contributed by atoms with E-state index < -0.39 is 0 Å². The Morgan fingerprint density at radius 2 is 2.11 bits per heavy atom. The van der Waals surface area contributed by atoms with E-state index in [4.69, 9.17) is 4.52 Å². The van der Waals surface area contributed by atoms with Crippen molar-refractivity contribution in [1.82, 2.24) is 10.1 Å². The van der Waals surface area contributed by atoms with Gasteiger partial charge in [-0.15, -0.1) is 0 Å². The molecule has 0 unspecified atom stereocenters. The predicted molar refractivity (Wildman–Crippen MR) is 75.1 cm³/mol.